The summed E-state index contributed by atoms with van der Waals surface area (Å²) in [5.74, 6) is 0.721. The Bertz CT molecular complexity index is 2510. The summed E-state index contributed by atoms with van der Waals surface area (Å²) in [7, 11) is 0. The molecule has 0 aliphatic heterocycles. The van der Waals surface area contributed by atoms with Crippen LogP contribution >= 0.6 is 0 Å². The average Bonchev–Trinajstić information content (AvgIpc) is 3.88. The van der Waals surface area contributed by atoms with Crippen LogP contribution in [0.25, 0.3) is 11.2 Å². The molecule has 0 spiro atoms. The second kappa shape index (κ2) is 18.0. The van der Waals surface area contributed by atoms with Crippen molar-refractivity contribution >= 4 is 17.1 Å². The first-order valence-electron chi connectivity index (χ1n) is 20.5. The van der Waals surface area contributed by atoms with Crippen LogP contribution in [0.15, 0.2) is 200 Å². The van der Waals surface area contributed by atoms with Crippen molar-refractivity contribution < 1.29 is 14.2 Å². The summed E-state index contributed by atoms with van der Waals surface area (Å²) >= 11 is 0. The van der Waals surface area contributed by atoms with E-state index in [-0.39, 0.29) is 18.1 Å². The second-order valence-electron chi connectivity index (χ2n) is 15.2. The number of fused-ring (bicyclic) bond motifs is 1. The summed E-state index contributed by atoms with van der Waals surface area (Å²) in [5.41, 5.74) is 7.71. The van der Waals surface area contributed by atoms with Crippen molar-refractivity contribution in [1.29, 1.82) is 0 Å². The van der Waals surface area contributed by atoms with Gasteiger partial charge in [-0.1, -0.05) is 189 Å². The molecule has 1 fully saturated rings. The highest BCUT2D eigenvalue weighted by Gasteiger charge is 2.41. The van der Waals surface area contributed by atoms with Crippen LogP contribution in [-0.4, -0.2) is 32.2 Å². The van der Waals surface area contributed by atoms with Crippen molar-refractivity contribution in [2.24, 2.45) is 5.92 Å². The van der Waals surface area contributed by atoms with Crippen molar-refractivity contribution in [3.8, 4) is 5.88 Å². The van der Waals surface area contributed by atoms with Gasteiger partial charge >= 0.3 is 0 Å². The van der Waals surface area contributed by atoms with Gasteiger partial charge in [0.1, 0.15) is 12.1 Å². The molecule has 8 nitrogen and oxygen atoms in total. The molecular formula is C52H47N5O3. The van der Waals surface area contributed by atoms with Crippen molar-refractivity contribution in [1.82, 2.24) is 19.5 Å². The molecule has 0 bridgehead atoms. The van der Waals surface area contributed by atoms with E-state index in [1.54, 1.807) is 0 Å². The number of benzene rings is 6. The lowest BCUT2D eigenvalue weighted by molar-refractivity contribution is -0.0122. The number of nitrogens with zero attached hydrogens (tertiary/aromatic N) is 4. The number of nitrogens with one attached hydrogen (secondary N) is 1. The van der Waals surface area contributed by atoms with Gasteiger partial charge in [0.2, 0.25) is 11.8 Å². The van der Waals surface area contributed by atoms with E-state index in [9.17, 15) is 0 Å². The topological polar surface area (TPSA) is 83.3 Å². The van der Waals surface area contributed by atoms with E-state index >= 15 is 0 Å². The molecule has 1 saturated carbocycles. The zero-order valence-electron chi connectivity index (χ0n) is 33.4. The van der Waals surface area contributed by atoms with Gasteiger partial charge in [0, 0.05) is 5.92 Å². The molecule has 1 aliphatic rings. The molecule has 1 N–H and O–H groups in total. The fourth-order valence-electron chi connectivity index (χ4n) is 8.32. The summed E-state index contributed by atoms with van der Waals surface area (Å²) in [5, 5.41) is 3.88. The predicted molar refractivity (Wildman–Crippen MR) is 236 cm³/mol. The highest BCUT2D eigenvalue weighted by Crippen LogP contribution is 2.44. The van der Waals surface area contributed by atoms with E-state index in [0.717, 1.165) is 39.0 Å². The van der Waals surface area contributed by atoms with Crippen LogP contribution in [0.1, 0.15) is 45.8 Å². The summed E-state index contributed by atoms with van der Waals surface area (Å²) in [6.45, 7) is 6.48. The van der Waals surface area contributed by atoms with Gasteiger partial charge in [-0.05, 0) is 45.4 Å². The van der Waals surface area contributed by atoms with Gasteiger partial charge in [0.15, 0.2) is 11.2 Å². The molecule has 8 aromatic rings. The zero-order valence-corrected chi connectivity index (χ0v) is 33.4. The first-order valence-corrected chi connectivity index (χ1v) is 20.5. The maximum Gasteiger partial charge on any atom is 0.247 e. The lowest BCUT2D eigenvalue weighted by Gasteiger charge is -2.37. The fourth-order valence-corrected chi connectivity index (χ4v) is 8.32. The molecule has 2 heterocycles. The molecule has 0 amide bonds. The zero-order chi connectivity index (χ0) is 40.6. The third-order valence-corrected chi connectivity index (χ3v) is 11.4. The summed E-state index contributed by atoms with van der Waals surface area (Å²) in [6, 6.07) is 61.8. The Morgan fingerprint density at radius 1 is 0.600 bits per heavy atom. The van der Waals surface area contributed by atoms with Gasteiger partial charge in [0.05, 0.1) is 38.3 Å². The number of hydrogen-bond acceptors (Lipinski definition) is 7. The molecule has 1 aliphatic carbocycles. The maximum absolute atomic E-state index is 6.72. The fraction of sp³-hybridized carbons (Fsp3) is 0.173. The number of hydrogen-bond donors (Lipinski definition) is 1. The Labute approximate surface area is 351 Å². The summed E-state index contributed by atoms with van der Waals surface area (Å²) in [4.78, 5) is 15.4. The average molecular weight is 790 g/mol. The SMILES string of the molecule is C=C1[C@@H](COCc2ccccc2)[C@@H](OCc2ccccc2)C[C@H]1n1cnc2c(OCc3ccccc3)nc(NC(c3ccccc3)(c3ccccc3)c3ccccc3)nc21. The van der Waals surface area contributed by atoms with Gasteiger partial charge < -0.3 is 24.1 Å². The first kappa shape index (κ1) is 38.6. The van der Waals surface area contributed by atoms with Gasteiger partial charge in [-0.25, -0.2) is 4.98 Å². The first-order chi connectivity index (χ1) is 29.7. The summed E-state index contributed by atoms with van der Waals surface area (Å²) in [6.07, 6.45) is 2.37. The van der Waals surface area contributed by atoms with Crippen LogP contribution in [0.2, 0.25) is 0 Å². The number of rotatable bonds is 16. The third-order valence-electron chi connectivity index (χ3n) is 11.4. The monoisotopic (exact) mass is 789 g/mol. The highest BCUT2D eigenvalue weighted by molar-refractivity contribution is 5.78. The number of anilines is 1. The van der Waals surface area contributed by atoms with Gasteiger partial charge in [-0.3, -0.25) is 0 Å². The molecule has 8 heteroatoms. The van der Waals surface area contributed by atoms with E-state index < -0.39 is 5.54 Å². The van der Waals surface area contributed by atoms with E-state index in [2.05, 4.69) is 107 Å². The van der Waals surface area contributed by atoms with Crippen molar-refractivity contribution in [3.63, 3.8) is 0 Å². The van der Waals surface area contributed by atoms with Crippen LogP contribution in [0, 0.1) is 5.92 Å². The Morgan fingerprint density at radius 3 is 1.62 bits per heavy atom. The lowest BCUT2D eigenvalue weighted by Crippen LogP contribution is -2.38. The smallest absolute Gasteiger partial charge is 0.247 e. The van der Waals surface area contributed by atoms with Crippen LogP contribution in [0.4, 0.5) is 5.95 Å². The highest BCUT2D eigenvalue weighted by atomic mass is 16.5. The van der Waals surface area contributed by atoms with E-state index in [0.29, 0.717) is 55.8 Å². The summed E-state index contributed by atoms with van der Waals surface area (Å²) < 4.78 is 21.8. The molecule has 60 heavy (non-hydrogen) atoms. The van der Waals surface area contributed by atoms with E-state index in [1.165, 1.54) is 0 Å². The van der Waals surface area contributed by atoms with E-state index in [4.69, 9.17) is 35.7 Å². The number of imidazole rings is 1. The normalized spacial score (nSPS) is 16.5. The minimum absolute atomic E-state index is 0.0602. The number of ether oxygens (including phenoxy) is 3. The minimum atomic E-state index is -0.868. The Hall–Kier alpha value is -6.87. The Kier molecular flexibility index (Phi) is 11.6. The van der Waals surface area contributed by atoms with E-state index in [1.807, 2.05) is 91.3 Å². The lowest BCUT2D eigenvalue weighted by atomic mass is 9.77. The second-order valence-corrected chi connectivity index (χ2v) is 15.2. The van der Waals surface area contributed by atoms with Crippen LogP contribution in [0.3, 0.4) is 0 Å². The van der Waals surface area contributed by atoms with Crippen LogP contribution in [0.5, 0.6) is 5.88 Å². The molecule has 0 unspecified atom stereocenters. The van der Waals surface area contributed by atoms with Crippen molar-refractivity contribution in [2.75, 3.05) is 11.9 Å². The Balaban J connectivity index is 1.12. The Morgan fingerprint density at radius 2 is 1.08 bits per heavy atom. The minimum Gasteiger partial charge on any atom is -0.471 e. The molecule has 298 valence electrons. The molecule has 0 saturated heterocycles. The molecule has 3 atom stereocenters. The standard InChI is InChI=1S/C52H47N5O3/c1-38-45(36-58-33-39-20-8-2-9-21-39)47(59-34-40-22-10-3-11-23-40)32-46(38)57-37-53-48-49(57)54-51(55-50(48)60-35-41-24-12-4-13-25-41)56-52(42-26-14-5-15-27-42,43-28-16-6-17-29-43)44-30-18-7-19-31-44/h2-31,37,45-47H,1,32-36H2,(H,54,55,56)/t45-,46-,47+/m1/s1. The van der Waals surface area contributed by atoms with Gasteiger partial charge in [-0.2, -0.15) is 9.97 Å². The van der Waals surface area contributed by atoms with Crippen LogP contribution in [-0.2, 0) is 34.8 Å². The molecule has 6 aromatic carbocycles. The van der Waals surface area contributed by atoms with Crippen molar-refractivity contribution in [2.45, 2.75) is 43.9 Å². The largest absolute Gasteiger partial charge is 0.471 e. The number of aromatic nitrogens is 4. The molecule has 2 aromatic heterocycles. The molecular weight excluding hydrogens is 743 g/mol. The third kappa shape index (κ3) is 8.21. The predicted octanol–water partition coefficient (Wildman–Crippen LogP) is 10.7. The maximum atomic E-state index is 6.72. The molecule has 9 rings (SSSR count). The quantitative estimate of drug-likeness (QED) is 0.0771. The van der Waals surface area contributed by atoms with Crippen LogP contribution < -0.4 is 10.1 Å². The van der Waals surface area contributed by atoms with Gasteiger partial charge in [0.25, 0.3) is 0 Å². The van der Waals surface area contributed by atoms with Crippen molar-refractivity contribution in [3.05, 3.63) is 234 Å². The molecule has 0 radical (unpaired) electrons. The van der Waals surface area contributed by atoms with Gasteiger partial charge in [-0.15, -0.1) is 0 Å².